The van der Waals surface area contributed by atoms with E-state index in [1.54, 1.807) is 18.5 Å². The Morgan fingerprint density at radius 1 is 1.30 bits per heavy atom. The molecular weight excluding hydrogens is 621 g/mol. The van der Waals surface area contributed by atoms with Crippen LogP contribution in [0.1, 0.15) is 64.4 Å². The van der Waals surface area contributed by atoms with Gasteiger partial charge in [0.15, 0.2) is 5.82 Å². The van der Waals surface area contributed by atoms with Crippen molar-refractivity contribution in [3.05, 3.63) is 55.7 Å². The molecule has 47 heavy (non-hydrogen) atoms. The number of unbranched alkanes of at least 4 members (excludes halogenated alkanes) is 1. The maximum absolute atomic E-state index is 17.1. The lowest BCUT2D eigenvalue weighted by atomic mass is 9.95. The Kier molecular flexibility index (Phi) is 12.5. The topological polar surface area (TPSA) is 125 Å². The van der Waals surface area contributed by atoms with E-state index >= 15 is 4.39 Å². The van der Waals surface area contributed by atoms with Gasteiger partial charge in [-0.15, -0.1) is 0 Å². The summed E-state index contributed by atoms with van der Waals surface area (Å²) in [6, 6.07) is 1.73. The fourth-order valence-corrected chi connectivity index (χ4v) is 7.13. The summed E-state index contributed by atoms with van der Waals surface area (Å²) in [6.07, 6.45) is 14.3. The molecule has 0 aliphatic carbocycles. The molecule has 13 heteroatoms. The Bertz CT molecular complexity index is 1690. The van der Waals surface area contributed by atoms with Crippen LogP contribution in [0.5, 0.6) is 0 Å². The van der Waals surface area contributed by atoms with E-state index in [1.165, 1.54) is 12.8 Å². The molecule has 0 bridgehead atoms. The van der Waals surface area contributed by atoms with E-state index in [0.29, 0.717) is 63.9 Å². The predicted molar refractivity (Wildman–Crippen MR) is 186 cm³/mol. The zero-order valence-electron chi connectivity index (χ0n) is 27.5. The smallest absolute Gasteiger partial charge is 0.173 e. The monoisotopic (exact) mass is 667 g/mol. The Labute approximate surface area is 280 Å². The number of ether oxygens (including phenoxy) is 1. The van der Waals surface area contributed by atoms with Gasteiger partial charge in [-0.3, -0.25) is 14.7 Å². The lowest BCUT2D eigenvalue weighted by molar-refractivity contribution is 0.0439. The van der Waals surface area contributed by atoms with E-state index in [-0.39, 0.29) is 30.0 Å². The quantitative estimate of drug-likeness (QED) is 0.0957. The Hall–Kier alpha value is -3.26. The van der Waals surface area contributed by atoms with Crippen LogP contribution in [0.4, 0.5) is 15.8 Å². The van der Waals surface area contributed by atoms with Gasteiger partial charge in [0.25, 0.3) is 0 Å². The number of aliphatic imine (C=N–C) groups is 1. The molecule has 0 spiro atoms. The second-order valence-electron chi connectivity index (χ2n) is 12.0. The number of halogens is 2. The number of nitrogens with zero attached hydrogens (tertiary/aromatic N) is 6. The number of hydrogen-bond donors (Lipinski definition) is 3. The normalized spacial score (nSPS) is 18.0. The van der Waals surface area contributed by atoms with Crippen molar-refractivity contribution in [2.75, 3.05) is 58.1 Å². The molecule has 0 amide bonds. The molecule has 0 radical (unpaired) electrons. The van der Waals surface area contributed by atoms with Crippen LogP contribution in [-0.2, 0) is 9.57 Å². The van der Waals surface area contributed by atoms with Crippen LogP contribution < -0.4 is 27.0 Å². The number of hydroxylamine groups is 1. The van der Waals surface area contributed by atoms with Gasteiger partial charge in [-0.1, -0.05) is 37.1 Å². The third-order valence-electron chi connectivity index (χ3n) is 9.21. The minimum Gasteiger partial charge on any atom is -0.360 e. The van der Waals surface area contributed by atoms with Crippen LogP contribution in [0.3, 0.4) is 0 Å². The Morgan fingerprint density at radius 3 is 2.83 bits per heavy atom. The largest absolute Gasteiger partial charge is 0.360 e. The van der Waals surface area contributed by atoms with Gasteiger partial charge in [-0.25, -0.2) is 14.9 Å². The number of fused-ring (bicyclic) bond motifs is 2. The van der Waals surface area contributed by atoms with Crippen LogP contribution in [0.15, 0.2) is 33.6 Å². The molecule has 11 nitrogen and oxygen atoms in total. The van der Waals surface area contributed by atoms with Crippen LogP contribution in [0.2, 0.25) is 5.02 Å². The summed E-state index contributed by atoms with van der Waals surface area (Å²) in [5, 5.41) is 13.8. The Morgan fingerprint density at radius 2 is 2.11 bits per heavy atom. The first-order valence-electron chi connectivity index (χ1n) is 16.6. The number of nitrogens with one attached hydrogen (secondary N) is 2. The zero-order valence-corrected chi connectivity index (χ0v) is 28.3. The van der Waals surface area contributed by atoms with E-state index < -0.39 is 5.82 Å². The maximum Gasteiger partial charge on any atom is 0.173 e. The third-order valence-corrected chi connectivity index (χ3v) is 9.53. The van der Waals surface area contributed by atoms with Crippen molar-refractivity contribution in [1.29, 1.82) is 0 Å². The number of rotatable bonds is 17. The van der Waals surface area contributed by atoms with Gasteiger partial charge in [0, 0.05) is 47.4 Å². The molecule has 4 heterocycles. The molecule has 3 aliphatic rings. The molecule has 0 saturated carbocycles. The van der Waals surface area contributed by atoms with E-state index in [1.807, 2.05) is 12.2 Å². The van der Waals surface area contributed by atoms with Crippen molar-refractivity contribution in [2.24, 2.45) is 21.0 Å². The van der Waals surface area contributed by atoms with Gasteiger partial charge in [0.1, 0.15) is 24.6 Å². The van der Waals surface area contributed by atoms with Gasteiger partial charge in [-0.05, 0) is 71.3 Å². The number of anilines is 1. The number of azo groups is 1. The van der Waals surface area contributed by atoms with Gasteiger partial charge in [0.05, 0.1) is 34.4 Å². The molecule has 2 fully saturated rings. The number of benzene rings is 1. The molecule has 2 aromatic rings. The number of hydrogen-bond acceptors (Lipinski definition) is 11. The second-order valence-corrected chi connectivity index (χ2v) is 12.4. The fraction of sp³-hybridized carbons (Fsp3) is 0.529. The highest BCUT2D eigenvalue weighted by Crippen LogP contribution is 2.38. The van der Waals surface area contributed by atoms with Gasteiger partial charge < -0.3 is 20.7 Å². The van der Waals surface area contributed by atoms with E-state index in [0.717, 1.165) is 45.3 Å². The summed E-state index contributed by atoms with van der Waals surface area (Å²) in [7, 11) is 0. The molecular formula is C34H47ClFN9O2. The van der Waals surface area contributed by atoms with E-state index in [2.05, 4.69) is 56.4 Å². The average Bonchev–Trinajstić information content (AvgIpc) is 3.80. The highest BCUT2D eigenvalue weighted by molar-refractivity contribution is 6.32. The first-order valence-corrected chi connectivity index (χ1v) is 17.0. The summed E-state index contributed by atoms with van der Waals surface area (Å²) in [5.41, 5.74) is 9.66. The molecule has 2 saturated heterocycles. The van der Waals surface area contributed by atoms with E-state index in [4.69, 9.17) is 31.9 Å². The molecule has 0 atom stereocenters. The molecule has 254 valence electrons. The number of pyridine rings is 1. The zero-order chi connectivity index (χ0) is 33.2. The summed E-state index contributed by atoms with van der Waals surface area (Å²) >= 11 is 6.79. The van der Waals surface area contributed by atoms with Crippen molar-refractivity contribution in [2.45, 2.75) is 64.3 Å². The lowest BCUT2D eigenvalue weighted by Crippen LogP contribution is -2.43. The van der Waals surface area contributed by atoms with Gasteiger partial charge in [-0.2, -0.15) is 10.2 Å². The van der Waals surface area contributed by atoms with Gasteiger partial charge in [0.2, 0.25) is 0 Å². The Balaban J connectivity index is 1.63. The predicted octanol–water partition coefficient (Wildman–Crippen LogP) is 4.74. The summed E-state index contributed by atoms with van der Waals surface area (Å²) in [5.74, 6) is 0.0238. The minimum atomic E-state index is -0.544. The first-order chi connectivity index (χ1) is 23.0. The molecule has 0 unspecified atom stereocenters. The molecule has 5 rings (SSSR count). The van der Waals surface area contributed by atoms with Crippen molar-refractivity contribution in [3.63, 3.8) is 0 Å². The average molecular weight is 668 g/mol. The summed E-state index contributed by atoms with van der Waals surface area (Å²) in [4.78, 5) is 18.8. The van der Waals surface area contributed by atoms with Crippen molar-refractivity contribution in [1.82, 2.24) is 20.3 Å². The SMILES string of the molecule is C=N/C(=c1/cn/c(=c2\c(/C=C/CCNOCN)c(Cl)cc3c2=CN=N3)c(F)c1NCOCC12CCCN1CCC2)N(CC)CCCC. The highest BCUT2D eigenvalue weighted by atomic mass is 35.5. The van der Waals surface area contributed by atoms with Crippen molar-refractivity contribution >= 4 is 47.8 Å². The van der Waals surface area contributed by atoms with Crippen LogP contribution in [0, 0.1) is 16.4 Å². The fourth-order valence-electron chi connectivity index (χ4n) is 6.87. The molecule has 1 aromatic carbocycles. The van der Waals surface area contributed by atoms with Gasteiger partial charge >= 0.3 is 0 Å². The van der Waals surface area contributed by atoms with Crippen LogP contribution >= 0.6 is 11.6 Å². The molecule has 4 N–H and O–H groups in total. The number of nitrogens with two attached hydrogens (primary N) is 1. The van der Waals surface area contributed by atoms with E-state index in [9.17, 15) is 0 Å². The molecule has 3 aliphatic heterocycles. The maximum atomic E-state index is 17.1. The molecule has 1 aromatic heterocycles. The van der Waals surface area contributed by atoms with Crippen LogP contribution in [-0.4, -0.2) is 79.8 Å². The third kappa shape index (κ3) is 7.74. The standard InChI is InChI=1S/C34H47ClFN9O2/c1-4-6-15-44(5-2)33(38-3)26-19-39-32(30(36)31(26)40-23-46-21-34-12-9-16-45(34)17-10-13-34)29-24(11-7-8-14-42-47-22-37)27(35)18-28-25(29)20-41-43-28/h7,11,18-20,40,42H,3-6,8-10,12-17,21-23,37H2,1-2H3/b11-7+,32-29+,33-26+. The summed E-state index contributed by atoms with van der Waals surface area (Å²) in [6.45, 7) is 13.1. The number of aromatic nitrogens is 1. The lowest BCUT2D eigenvalue weighted by Gasteiger charge is -2.31. The van der Waals surface area contributed by atoms with Crippen molar-refractivity contribution < 1.29 is 14.0 Å². The van der Waals surface area contributed by atoms with Crippen molar-refractivity contribution in [3.8, 4) is 0 Å². The second kappa shape index (κ2) is 16.7. The minimum absolute atomic E-state index is 0.0736. The summed E-state index contributed by atoms with van der Waals surface area (Å²) < 4.78 is 23.4. The highest BCUT2D eigenvalue weighted by Gasteiger charge is 2.44. The van der Waals surface area contributed by atoms with Crippen LogP contribution in [0.25, 0.3) is 18.1 Å². The first kappa shape index (κ1) is 35.1.